The largest absolute Gasteiger partial charge is 0.236 e. The molecule has 0 N–H and O–H groups in total. The van der Waals surface area contributed by atoms with Crippen molar-refractivity contribution in [2.45, 2.75) is 12.8 Å². The van der Waals surface area contributed by atoms with Gasteiger partial charge in [0, 0.05) is 28.9 Å². The smallest absolute Gasteiger partial charge is 0.195 e. The number of rotatable bonds is 4. The lowest BCUT2D eigenvalue weighted by molar-refractivity contribution is 0.453. The molecular weight excluding hydrogens is 416 g/mol. The Bertz CT molecular complexity index is 1380. The van der Waals surface area contributed by atoms with Crippen LogP contribution in [-0.2, 0) is 6.42 Å². The number of benzene rings is 3. The molecule has 0 fully saturated rings. The van der Waals surface area contributed by atoms with E-state index in [2.05, 4.69) is 28.4 Å². The molecule has 0 aliphatic carbocycles. The van der Waals surface area contributed by atoms with E-state index >= 15 is 0 Å². The summed E-state index contributed by atoms with van der Waals surface area (Å²) in [5.74, 6) is 1.27. The Labute approximate surface area is 182 Å². The number of nitrogens with zero attached hydrogens (tertiary/aromatic N) is 2. The van der Waals surface area contributed by atoms with Crippen molar-refractivity contribution in [2.24, 2.45) is 0 Å². The SMILES string of the molecule is C=CCCc1cnc(-c2ccc(C#Cc3ccc4c(F)c(F)c(F)cc4c3)c(F)c2)nc1. The van der Waals surface area contributed by atoms with Crippen LogP contribution in [0.25, 0.3) is 22.2 Å². The predicted molar refractivity (Wildman–Crippen MR) is 116 cm³/mol. The van der Waals surface area contributed by atoms with Gasteiger partial charge in [0.1, 0.15) is 5.82 Å². The zero-order chi connectivity index (χ0) is 22.7. The van der Waals surface area contributed by atoms with Crippen molar-refractivity contribution in [1.29, 1.82) is 0 Å². The fraction of sp³-hybridized carbons (Fsp3) is 0.0769. The second kappa shape index (κ2) is 9.03. The zero-order valence-corrected chi connectivity index (χ0v) is 16.8. The van der Waals surface area contributed by atoms with Crippen molar-refractivity contribution in [1.82, 2.24) is 9.97 Å². The van der Waals surface area contributed by atoms with Gasteiger partial charge >= 0.3 is 0 Å². The summed E-state index contributed by atoms with van der Waals surface area (Å²) in [5.41, 5.74) is 2.04. The van der Waals surface area contributed by atoms with Crippen molar-refractivity contribution in [2.75, 3.05) is 0 Å². The highest BCUT2D eigenvalue weighted by molar-refractivity contribution is 5.84. The van der Waals surface area contributed by atoms with E-state index in [4.69, 9.17) is 0 Å². The topological polar surface area (TPSA) is 25.8 Å². The lowest BCUT2D eigenvalue weighted by atomic mass is 10.1. The zero-order valence-electron chi connectivity index (χ0n) is 16.8. The Balaban J connectivity index is 1.59. The van der Waals surface area contributed by atoms with Crippen molar-refractivity contribution >= 4 is 10.8 Å². The minimum absolute atomic E-state index is 0.0551. The van der Waals surface area contributed by atoms with Gasteiger partial charge in [-0.25, -0.2) is 27.5 Å². The van der Waals surface area contributed by atoms with Crippen LogP contribution >= 0.6 is 0 Å². The van der Waals surface area contributed by atoms with Gasteiger partial charge in [0.15, 0.2) is 23.3 Å². The summed E-state index contributed by atoms with van der Waals surface area (Å²) < 4.78 is 55.3. The normalized spacial score (nSPS) is 10.6. The Hall–Kier alpha value is -3.98. The first-order valence-electron chi connectivity index (χ1n) is 9.77. The average molecular weight is 432 g/mol. The maximum absolute atomic E-state index is 14.6. The predicted octanol–water partition coefficient (Wildman–Crippen LogP) is 6.37. The molecule has 32 heavy (non-hydrogen) atoms. The number of hydrogen-bond acceptors (Lipinski definition) is 2. The molecule has 0 amide bonds. The Morgan fingerprint density at radius 2 is 1.62 bits per heavy atom. The lowest BCUT2D eigenvalue weighted by Crippen LogP contribution is -1.94. The van der Waals surface area contributed by atoms with Crippen molar-refractivity contribution in [3.8, 4) is 23.2 Å². The van der Waals surface area contributed by atoms with Gasteiger partial charge < -0.3 is 0 Å². The van der Waals surface area contributed by atoms with E-state index in [1.807, 2.05) is 6.08 Å². The van der Waals surface area contributed by atoms with Crippen LogP contribution in [-0.4, -0.2) is 9.97 Å². The van der Waals surface area contributed by atoms with Crippen LogP contribution < -0.4 is 0 Å². The summed E-state index contributed by atoms with van der Waals surface area (Å²) in [6, 6.07) is 9.58. The van der Waals surface area contributed by atoms with Gasteiger partial charge in [-0.2, -0.15) is 0 Å². The van der Waals surface area contributed by atoms with Gasteiger partial charge in [-0.1, -0.05) is 24.0 Å². The molecule has 0 aliphatic heterocycles. The van der Waals surface area contributed by atoms with E-state index in [9.17, 15) is 17.6 Å². The number of aromatic nitrogens is 2. The first kappa shape index (κ1) is 21.3. The Morgan fingerprint density at radius 3 is 2.34 bits per heavy atom. The van der Waals surface area contributed by atoms with E-state index < -0.39 is 23.3 Å². The quantitative estimate of drug-likeness (QED) is 0.162. The molecule has 0 spiro atoms. The fourth-order valence-corrected chi connectivity index (χ4v) is 3.18. The van der Waals surface area contributed by atoms with Gasteiger partial charge in [0.2, 0.25) is 0 Å². The molecule has 1 aromatic heterocycles. The van der Waals surface area contributed by atoms with Crippen LogP contribution in [0.15, 0.2) is 67.5 Å². The molecular formula is C26H16F4N2. The third kappa shape index (κ3) is 4.37. The number of aryl methyl sites for hydroxylation is 1. The number of halogens is 4. The van der Waals surface area contributed by atoms with Crippen LogP contribution in [0, 0.1) is 35.1 Å². The molecule has 1 heterocycles. The average Bonchev–Trinajstić information content (AvgIpc) is 2.80. The summed E-state index contributed by atoms with van der Waals surface area (Å²) in [6.45, 7) is 3.68. The maximum Gasteiger partial charge on any atom is 0.195 e. The van der Waals surface area contributed by atoms with Crippen LogP contribution in [0.1, 0.15) is 23.1 Å². The summed E-state index contributed by atoms with van der Waals surface area (Å²) in [6.07, 6.45) is 6.83. The van der Waals surface area contributed by atoms with Gasteiger partial charge in [-0.15, -0.1) is 6.58 Å². The highest BCUT2D eigenvalue weighted by Gasteiger charge is 2.13. The monoisotopic (exact) mass is 432 g/mol. The van der Waals surface area contributed by atoms with E-state index in [1.54, 1.807) is 18.5 Å². The van der Waals surface area contributed by atoms with Crippen LogP contribution in [0.4, 0.5) is 17.6 Å². The van der Waals surface area contributed by atoms with Gasteiger partial charge in [0.25, 0.3) is 0 Å². The number of hydrogen-bond donors (Lipinski definition) is 0. The van der Waals surface area contributed by atoms with Gasteiger partial charge in [-0.3, -0.25) is 0 Å². The first-order chi connectivity index (χ1) is 15.5. The van der Waals surface area contributed by atoms with E-state index in [1.165, 1.54) is 30.3 Å². The maximum atomic E-state index is 14.6. The molecule has 6 heteroatoms. The third-order valence-corrected chi connectivity index (χ3v) is 4.88. The molecule has 0 atom stereocenters. The minimum Gasteiger partial charge on any atom is -0.236 e. The Kier molecular flexibility index (Phi) is 6.00. The summed E-state index contributed by atoms with van der Waals surface area (Å²) in [4.78, 5) is 8.56. The lowest BCUT2D eigenvalue weighted by Gasteiger charge is -2.04. The highest BCUT2D eigenvalue weighted by Crippen LogP contribution is 2.24. The molecule has 0 aliphatic rings. The number of allylic oxidation sites excluding steroid dienone is 1. The van der Waals surface area contributed by atoms with Crippen molar-refractivity contribution in [3.05, 3.63) is 107 Å². The Morgan fingerprint density at radius 1 is 0.844 bits per heavy atom. The molecule has 0 bridgehead atoms. The summed E-state index contributed by atoms with van der Waals surface area (Å²) >= 11 is 0. The first-order valence-corrected chi connectivity index (χ1v) is 9.77. The van der Waals surface area contributed by atoms with Crippen LogP contribution in [0.5, 0.6) is 0 Å². The minimum atomic E-state index is -1.52. The van der Waals surface area contributed by atoms with Crippen molar-refractivity contribution < 1.29 is 17.6 Å². The standard InChI is InChI=1S/C26H16F4N2/c1-2-3-4-17-14-31-26(32-15-17)19-9-8-18(22(27)12-19)7-5-16-6-10-21-20(11-16)13-23(28)25(30)24(21)29/h2,6,8-15H,1,3-4H2. The van der Waals surface area contributed by atoms with E-state index in [0.29, 0.717) is 17.0 Å². The summed E-state index contributed by atoms with van der Waals surface area (Å²) in [5, 5.41) is 0.109. The molecule has 4 rings (SSSR count). The van der Waals surface area contributed by atoms with E-state index in [-0.39, 0.29) is 16.3 Å². The molecule has 2 nitrogen and oxygen atoms in total. The van der Waals surface area contributed by atoms with E-state index in [0.717, 1.165) is 24.5 Å². The third-order valence-electron chi connectivity index (χ3n) is 4.88. The number of fused-ring (bicyclic) bond motifs is 1. The molecule has 0 radical (unpaired) electrons. The molecule has 0 saturated heterocycles. The molecule has 3 aromatic carbocycles. The highest BCUT2D eigenvalue weighted by atomic mass is 19.2. The second-order valence-electron chi connectivity index (χ2n) is 7.11. The van der Waals surface area contributed by atoms with Gasteiger partial charge in [0.05, 0.1) is 5.56 Å². The van der Waals surface area contributed by atoms with Crippen LogP contribution in [0.3, 0.4) is 0 Å². The molecule has 0 saturated carbocycles. The molecule has 0 unspecified atom stereocenters. The van der Waals surface area contributed by atoms with Gasteiger partial charge in [-0.05, 0) is 60.2 Å². The fourth-order valence-electron chi connectivity index (χ4n) is 3.18. The van der Waals surface area contributed by atoms with Crippen molar-refractivity contribution in [3.63, 3.8) is 0 Å². The second-order valence-corrected chi connectivity index (χ2v) is 7.11. The molecule has 4 aromatic rings. The summed E-state index contributed by atoms with van der Waals surface area (Å²) in [7, 11) is 0. The molecule has 158 valence electrons. The van der Waals surface area contributed by atoms with Crippen LogP contribution in [0.2, 0.25) is 0 Å².